The van der Waals surface area contributed by atoms with E-state index in [1.165, 1.54) is 7.05 Å². The van der Waals surface area contributed by atoms with Crippen LogP contribution in [-0.4, -0.2) is 19.9 Å². The minimum absolute atomic E-state index is 0.0359. The van der Waals surface area contributed by atoms with E-state index in [0.717, 1.165) is 26.3 Å². The fourth-order valence-corrected chi connectivity index (χ4v) is 3.57. The van der Waals surface area contributed by atoms with Crippen molar-refractivity contribution in [3.63, 3.8) is 0 Å². The lowest BCUT2D eigenvalue weighted by Crippen LogP contribution is -2.41. The Labute approximate surface area is 182 Å². The molecule has 0 bridgehead atoms. The van der Waals surface area contributed by atoms with Gasteiger partial charge in [-0.2, -0.15) is 13.2 Å². The van der Waals surface area contributed by atoms with Crippen molar-refractivity contribution in [2.75, 3.05) is 0 Å². The molecule has 2 aromatic heterocycles. The Bertz CT molecular complexity index is 1320. The van der Waals surface area contributed by atoms with Crippen molar-refractivity contribution < 1.29 is 18.0 Å². The van der Waals surface area contributed by atoms with E-state index in [0.29, 0.717) is 11.6 Å². The molecule has 0 amide bonds. The highest BCUT2D eigenvalue weighted by Gasteiger charge is 2.33. The molecule has 2 heterocycles. The Hall–Kier alpha value is -3.23. The molecule has 0 aliphatic rings. The number of carbonyl (C=O) groups excluding carboxylic acids is 1. The molecule has 1 aromatic carbocycles. The van der Waals surface area contributed by atoms with Crippen molar-refractivity contribution >= 4 is 16.8 Å². The van der Waals surface area contributed by atoms with E-state index >= 15 is 0 Å². The number of ketones is 1. The molecular formula is C23H24F3N3O3. The number of fused-ring (bicyclic) bond motifs is 1. The summed E-state index contributed by atoms with van der Waals surface area (Å²) in [6.07, 6.45) is -4.72. The Morgan fingerprint density at radius 3 is 2.25 bits per heavy atom. The van der Waals surface area contributed by atoms with Crippen molar-refractivity contribution in [3.05, 3.63) is 73.6 Å². The third kappa shape index (κ3) is 4.24. The Balaban J connectivity index is 2.11. The van der Waals surface area contributed by atoms with Gasteiger partial charge >= 0.3 is 11.9 Å². The number of aryl methyl sites for hydroxylation is 1. The smallest absolute Gasteiger partial charge is 0.292 e. The Morgan fingerprint density at radius 2 is 1.69 bits per heavy atom. The molecule has 0 atom stereocenters. The maximum atomic E-state index is 13.1. The first-order valence-corrected chi connectivity index (χ1v) is 10.2. The fraction of sp³-hybridized carbons (Fsp3) is 0.391. The molecule has 0 fully saturated rings. The Kier molecular flexibility index (Phi) is 6.13. The van der Waals surface area contributed by atoms with Crippen LogP contribution in [0.5, 0.6) is 0 Å². The topological polar surface area (TPSA) is 74.0 Å². The molecule has 0 saturated heterocycles. The van der Waals surface area contributed by atoms with Crippen LogP contribution in [0.15, 0.2) is 39.9 Å². The number of carbonyl (C=O) groups is 1. The van der Waals surface area contributed by atoms with E-state index in [-0.39, 0.29) is 22.9 Å². The zero-order valence-electron chi connectivity index (χ0n) is 18.4. The van der Waals surface area contributed by atoms with Crippen LogP contribution < -0.4 is 11.2 Å². The van der Waals surface area contributed by atoms with Gasteiger partial charge in [-0.15, -0.1) is 0 Å². The number of rotatable bonds is 5. The van der Waals surface area contributed by atoms with E-state index < -0.39 is 35.4 Å². The van der Waals surface area contributed by atoms with E-state index in [1.54, 1.807) is 6.07 Å². The van der Waals surface area contributed by atoms with Gasteiger partial charge in [-0.3, -0.25) is 18.7 Å². The second kappa shape index (κ2) is 8.37. The van der Waals surface area contributed by atoms with E-state index in [1.807, 2.05) is 39.8 Å². The maximum Gasteiger partial charge on any atom is 0.433 e. The lowest BCUT2D eigenvalue weighted by molar-refractivity contribution is -0.141. The summed E-state index contributed by atoms with van der Waals surface area (Å²) in [7, 11) is 1.22. The summed E-state index contributed by atoms with van der Waals surface area (Å²) >= 11 is 0. The zero-order valence-corrected chi connectivity index (χ0v) is 18.4. The molecule has 0 unspecified atom stereocenters. The van der Waals surface area contributed by atoms with Gasteiger partial charge in [-0.05, 0) is 35.1 Å². The number of pyridine rings is 1. The standard InChI is InChI=1S/C23H24F3N3O3/c1-12(2)14-6-7-15(17(10-14)13(3)4)18(30)11-29-21(31)16-8-9-19(23(24,25)26)27-20(16)28(5)22(29)32/h6-10,12-13H,11H2,1-5H3. The summed E-state index contributed by atoms with van der Waals surface area (Å²) in [5, 5.41) is -0.174. The largest absolute Gasteiger partial charge is 0.433 e. The van der Waals surface area contributed by atoms with Crippen molar-refractivity contribution in [2.24, 2.45) is 7.05 Å². The molecule has 170 valence electrons. The van der Waals surface area contributed by atoms with Crippen LogP contribution in [0.3, 0.4) is 0 Å². The summed E-state index contributed by atoms with van der Waals surface area (Å²) < 4.78 is 40.6. The average molecular weight is 447 g/mol. The SMILES string of the molecule is CC(C)c1ccc(C(=O)Cn2c(=O)c3ccc(C(F)(F)F)nc3n(C)c2=O)c(C(C)C)c1. The number of alkyl halides is 3. The fourth-order valence-electron chi connectivity index (χ4n) is 3.57. The van der Waals surface area contributed by atoms with Crippen molar-refractivity contribution in [3.8, 4) is 0 Å². The molecule has 9 heteroatoms. The molecule has 3 rings (SSSR count). The maximum absolute atomic E-state index is 13.1. The van der Waals surface area contributed by atoms with Crippen LogP contribution in [-0.2, 0) is 19.8 Å². The highest BCUT2D eigenvalue weighted by molar-refractivity contribution is 5.97. The first kappa shape index (κ1) is 23.4. The summed E-state index contributed by atoms with van der Waals surface area (Å²) in [6.45, 7) is 7.45. The van der Waals surface area contributed by atoms with Crippen molar-refractivity contribution in [2.45, 2.75) is 52.3 Å². The third-order valence-corrected chi connectivity index (χ3v) is 5.44. The number of nitrogens with zero attached hydrogens (tertiary/aromatic N) is 3. The molecular weight excluding hydrogens is 423 g/mol. The lowest BCUT2D eigenvalue weighted by Gasteiger charge is -2.16. The normalized spacial score (nSPS) is 12.2. The van der Waals surface area contributed by atoms with Crippen LogP contribution in [0, 0.1) is 0 Å². The first-order valence-electron chi connectivity index (χ1n) is 10.2. The number of halogens is 3. The van der Waals surface area contributed by atoms with Gasteiger partial charge in [-0.25, -0.2) is 9.78 Å². The number of Topliss-reactive ketones (excluding diaryl/α,β-unsaturated/α-hetero) is 1. The molecule has 0 radical (unpaired) electrons. The number of benzene rings is 1. The highest BCUT2D eigenvalue weighted by atomic mass is 19.4. The molecule has 0 saturated carbocycles. The van der Waals surface area contributed by atoms with Gasteiger partial charge in [0, 0.05) is 12.6 Å². The molecule has 0 aliphatic heterocycles. The molecule has 6 nitrogen and oxygen atoms in total. The number of aromatic nitrogens is 3. The van der Waals surface area contributed by atoms with Gasteiger partial charge in [0.05, 0.1) is 11.9 Å². The zero-order chi connectivity index (χ0) is 24.0. The second-order valence-electron chi connectivity index (χ2n) is 8.38. The Morgan fingerprint density at radius 1 is 1.03 bits per heavy atom. The van der Waals surface area contributed by atoms with Crippen molar-refractivity contribution in [1.29, 1.82) is 0 Å². The number of hydrogen-bond acceptors (Lipinski definition) is 4. The highest BCUT2D eigenvalue weighted by Crippen LogP contribution is 2.28. The summed E-state index contributed by atoms with van der Waals surface area (Å²) in [6, 6.07) is 7.15. The van der Waals surface area contributed by atoms with Crippen LogP contribution in [0.4, 0.5) is 13.2 Å². The minimum Gasteiger partial charge on any atom is -0.292 e. The van der Waals surface area contributed by atoms with Gasteiger partial charge in [0.25, 0.3) is 5.56 Å². The van der Waals surface area contributed by atoms with Gasteiger partial charge in [0.15, 0.2) is 5.78 Å². The van der Waals surface area contributed by atoms with Crippen molar-refractivity contribution in [1.82, 2.24) is 14.1 Å². The van der Waals surface area contributed by atoms with Gasteiger partial charge in [0.2, 0.25) is 0 Å². The predicted octanol–water partition coefficient (Wildman–Crippen LogP) is 4.24. The predicted molar refractivity (Wildman–Crippen MR) is 115 cm³/mol. The van der Waals surface area contributed by atoms with Gasteiger partial charge in [-0.1, -0.05) is 45.9 Å². The van der Waals surface area contributed by atoms with E-state index in [4.69, 9.17) is 0 Å². The summed E-state index contributed by atoms with van der Waals surface area (Å²) in [5.74, 6) is -0.127. The van der Waals surface area contributed by atoms with Crippen LogP contribution in [0.25, 0.3) is 11.0 Å². The minimum atomic E-state index is -4.72. The van der Waals surface area contributed by atoms with Crippen LogP contribution in [0.2, 0.25) is 0 Å². The average Bonchev–Trinajstić information content (AvgIpc) is 2.73. The van der Waals surface area contributed by atoms with Crippen LogP contribution >= 0.6 is 0 Å². The molecule has 0 spiro atoms. The van der Waals surface area contributed by atoms with Crippen LogP contribution in [0.1, 0.15) is 66.7 Å². The van der Waals surface area contributed by atoms with Gasteiger partial charge in [0.1, 0.15) is 11.3 Å². The monoisotopic (exact) mass is 447 g/mol. The second-order valence-corrected chi connectivity index (χ2v) is 8.38. The summed E-state index contributed by atoms with van der Waals surface area (Å²) in [5.41, 5.74) is -1.08. The molecule has 0 aliphatic carbocycles. The number of hydrogen-bond donors (Lipinski definition) is 0. The molecule has 32 heavy (non-hydrogen) atoms. The van der Waals surface area contributed by atoms with E-state index in [9.17, 15) is 27.6 Å². The molecule has 0 N–H and O–H groups in total. The summed E-state index contributed by atoms with van der Waals surface area (Å²) in [4.78, 5) is 42.1. The lowest BCUT2D eigenvalue weighted by atomic mass is 9.90. The molecule has 3 aromatic rings. The first-order chi connectivity index (χ1) is 14.8. The third-order valence-electron chi connectivity index (χ3n) is 5.44. The van der Waals surface area contributed by atoms with E-state index in [2.05, 4.69) is 4.98 Å². The van der Waals surface area contributed by atoms with Gasteiger partial charge < -0.3 is 0 Å². The quantitative estimate of drug-likeness (QED) is 0.549.